The Labute approximate surface area is 189 Å². The second-order valence-corrected chi connectivity index (χ2v) is 10.8. The molecular formula is C23H33N2O6P. The Balaban J connectivity index is 1.88. The summed E-state index contributed by atoms with van der Waals surface area (Å²) in [6, 6.07) is 7.08. The zero-order valence-electron chi connectivity index (χ0n) is 18.7. The molecule has 2 rings (SSSR count). The van der Waals surface area contributed by atoms with Crippen molar-refractivity contribution in [3.63, 3.8) is 0 Å². The van der Waals surface area contributed by atoms with Crippen molar-refractivity contribution in [3.05, 3.63) is 53.3 Å². The Morgan fingerprint density at radius 3 is 2.31 bits per heavy atom. The summed E-state index contributed by atoms with van der Waals surface area (Å²) in [6.45, 7) is 3.93. The lowest BCUT2D eigenvalue weighted by Gasteiger charge is -2.21. The quantitative estimate of drug-likeness (QED) is 0.361. The summed E-state index contributed by atoms with van der Waals surface area (Å²) in [5.41, 5.74) is 6.75. The van der Waals surface area contributed by atoms with E-state index in [1.807, 2.05) is 0 Å². The third kappa shape index (κ3) is 8.99. The number of aliphatic hydroxyl groups is 1. The number of carbonyl (C=O) groups excluding carboxylic acids is 2. The number of hydrogen-bond donors (Lipinski definition) is 3. The van der Waals surface area contributed by atoms with Crippen LogP contribution in [0.3, 0.4) is 0 Å². The van der Waals surface area contributed by atoms with Crippen LogP contribution in [0.15, 0.2) is 47.7 Å². The van der Waals surface area contributed by atoms with Crippen molar-refractivity contribution in [2.45, 2.75) is 39.2 Å². The van der Waals surface area contributed by atoms with Gasteiger partial charge in [-0.05, 0) is 49.6 Å². The van der Waals surface area contributed by atoms with Crippen LogP contribution in [-0.4, -0.2) is 48.9 Å². The largest absolute Gasteiger partial charge is 0.497 e. The van der Waals surface area contributed by atoms with Gasteiger partial charge in [-0.1, -0.05) is 18.2 Å². The number of primary amides is 1. The summed E-state index contributed by atoms with van der Waals surface area (Å²) in [5.74, 6) is 0.974. The molecule has 0 saturated carbocycles. The summed E-state index contributed by atoms with van der Waals surface area (Å²) in [6.07, 6.45) is 4.90. The van der Waals surface area contributed by atoms with Crippen LogP contribution in [0.1, 0.15) is 44.8 Å². The van der Waals surface area contributed by atoms with Crippen LogP contribution in [0.4, 0.5) is 0 Å². The van der Waals surface area contributed by atoms with Crippen molar-refractivity contribution in [3.8, 4) is 5.75 Å². The number of carbonyl (C=O) groups is 2. The van der Waals surface area contributed by atoms with Gasteiger partial charge in [0.1, 0.15) is 5.75 Å². The summed E-state index contributed by atoms with van der Waals surface area (Å²) < 4.78 is 24.9. The average molecular weight is 464 g/mol. The molecule has 0 fully saturated rings. The van der Waals surface area contributed by atoms with Crippen molar-refractivity contribution < 1.29 is 28.7 Å². The van der Waals surface area contributed by atoms with Gasteiger partial charge in [0.15, 0.2) is 13.1 Å². The number of rotatable bonds is 14. The number of allylic oxidation sites excluding steroid dienone is 4. The standard InChI is InChI=1S/C23H33N2O6P/c1-17(26)19-3-7-21(8-4-19)30-13-15-32(29,25-12-11-23(24)28)16-14-31-22-9-5-20(6-10-22)18(2)27/h3-5,7-9,17,26H,6,10-16H2,1-2H3,(H2,24,28)(H,25,29). The number of amides is 1. The van der Waals surface area contributed by atoms with Crippen LogP contribution in [-0.2, 0) is 18.9 Å². The number of benzene rings is 1. The Morgan fingerprint density at radius 1 is 1.12 bits per heavy atom. The van der Waals surface area contributed by atoms with Gasteiger partial charge in [-0.15, -0.1) is 0 Å². The first-order chi connectivity index (χ1) is 15.2. The molecule has 1 aromatic carbocycles. The zero-order valence-corrected chi connectivity index (χ0v) is 19.6. The number of ether oxygens (including phenoxy) is 2. The van der Waals surface area contributed by atoms with Gasteiger partial charge in [-0.2, -0.15) is 0 Å². The molecule has 1 aliphatic rings. The molecule has 0 radical (unpaired) electrons. The number of nitrogens with one attached hydrogen (secondary N) is 1. The van der Waals surface area contributed by atoms with Gasteiger partial charge < -0.3 is 24.9 Å². The monoisotopic (exact) mass is 464 g/mol. The van der Waals surface area contributed by atoms with Gasteiger partial charge in [-0.3, -0.25) is 14.7 Å². The van der Waals surface area contributed by atoms with Crippen LogP contribution < -0.4 is 15.6 Å². The van der Waals surface area contributed by atoms with E-state index in [4.69, 9.17) is 15.2 Å². The van der Waals surface area contributed by atoms with Gasteiger partial charge in [0.05, 0.1) is 25.1 Å². The SMILES string of the molecule is CC(=O)C1=CC=C(OCCP(=O)(CCOc2ccc(C(C)O)cc2)NCCC(N)=O)CC1. The lowest BCUT2D eigenvalue weighted by molar-refractivity contribution is -0.118. The molecule has 0 aliphatic heterocycles. The Hall–Kier alpha value is -2.41. The molecule has 8 nitrogen and oxygen atoms in total. The number of nitrogens with two attached hydrogens (primary N) is 1. The van der Waals surface area contributed by atoms with Crippen molar-refractivity contribution in [1.82, 2.24) is 5.09 Å². The zero-order chi connectivity index (χ0) is 23.6. The Morgan fingerprint density at radius 2 is 1.78 bits per heavy atom. The second-order valence-electron chi connectivity index (χ2n) is 7.78. The van der Waals surface area contributed by atoms with Gasteiger partial charge >= 0.3 is 0 Å². The van der Waals surface area contributed by atoms with E-state index in [0.29, 0.717) is 18.6 Å². The number of hydrogen-bond acceptors (Lipinski definition) is 6. The molecule has 1 amide bonds. The third-order valence-corrected chi connectivity index (χ3v) is 7.77. The molecule has 1 aliphatic carbocycles. The highest BCUT2D eigenvalue weighted by atomic mass is 31.2. The van der Waals surface area contributed by atoms with E-state index in [9.17, 15) is 19.3 Å². The summed E-state index contributed by atoms with van der Waals surface area (Å²) in [4.78, 5) is 22.5. The minimum Gasteiger partial charge on any atom is -0.497 e. The maximum absolute atomic E-state index is 13.4. The number of aliphatic hydroxyl groups excluding tert-OH is 1. The Kier molecular flexibility index (Phi) is 10.2. The molecule has 1 aromatic rings. The van der Waals surface area contributed by atoms with E-state index in [1.165, 1.54) is 0 Å². The molecule has 176 valence electrons. The topological polar surface area (TPSA) is 128 Å². The maximum Gasteiger partial charge on any atom is 0.218 e. The van der Waals surface area contributed by atoms with Crippen molar-refractivity contribution in [2.24, 2.45) is 5.73 Å². The van der Waals surface area contributed by atoms with E-state index < -0.39 is 19.3 Å². The van der Waals surface area contributed by atoms with Gasteiger partial charge in [0.2, 0.25) is 5.91 Å². The summed E-state index contributed by atoms with van der Waals surface area (Å²) >= 11 is 0. The molecule has 4 N–H and O–H groups in total. The minimum absolute atomic E-state index is 0.0592. The summed E-state index contributed by atoms with van der Waals surface area (Å²) in [5, 5.41) is 12.6. The first-order valence-electron chi connectivity index (χ1n) is 10.7. The first-order valence-corrected chi connectivity index (χ1v) is 12.8. The molecule has 0 bridgehead atoms. The number of Topliss-reactive ketones (excluding diaryl/α,β-unsaturated/α-hetero) is 1. The molecule has 0 spiro atoms. The fourth-order valence-corrected chi connectivity index (χ4v) is 4.99. The number of ketones is 1. The Bertz CT molecular complexity index is 892. The fraction of sp³-hybridized carbons (Fsp3) is 0.478. The molecular weight excluding hydrogens is 431 g/mol. The molecule has 32 heavy (non-hydrogen) atoms. The predicted molar refractivity (Wildman–Crippen MR) is 124 cm³/mol. The average Bonchev–Trinajstić information content (AvgIpc) is 2.74. The maximum atomic E-state index is 13.4. The van der Waals surface area contributed by atoms with E-state index >= 15 is 0 Å². The molecule has 2 atom stereocenters. The minimum atomic E-state index is -2.88. The van der Waals surface area contributed by atoms with Crippen LogP contribution in [0.25, 0.3) is 0 Å². The first kappa shape index (κ1) is 25.8. The highest BCUT2D eigenvalue weighted by Gasteiger charge is 2.22. The molecule has 9 heteroatoms. The van der Waals surface area contributed by atoms with E-state index in [2.05, 4.69) is 5.09 Å². The smallest absolute Gasteiger partial charge is 0.218 e. The van der Waals surface area contributed by atoms with Crippen molar-refractivity contribution in [1.29, 1.82) is 0 Å². The highest BCUT2D eigenvalue weighted by molar-refractivity contribution is 7.61. The van der Waals surface area contributed by atoms with Crippen LogP contribution >= 0.6 is 7.29 Å². The van der Waals surface area contributed by atoms with Crippen molar-refractivity contribution in [2.75, 3.05) is 32.1 Å². The van der Waals surface area contributed by atoms with Crippen molar-refractivity contribution >= 4 is 19.0 Å². The molecule has 2 unspecified atom stereocenters. The highest BCUT2D eigenvalue weighted by Crippen LogP contribution is 2.40. The van der Waals surface area contributed by atoms with Gasteiger partial charge in [0, 0.05) is 31.7 Å². The molecule has 0 aromatic heterocycles. The lowest BCUT2D eigenvalue weighted by Crippen LogP contribution is -2.24. The second kappa shape index (κ2) is 12.6. The van der Waals surface area contributed by atoms with Crippen LogP contribution in [0.2, 0.25) is 0 Å². The lowest BCUT2D eigenvalue weighted by atomic mass is 10.0. The van der Waals surface area contributed by atoms with E-state index in [0.717, 1.165) is 16.9 Å². The van der Waals surface area contributed by atoms with Crippen LogP contribution in [0.5, 0.6) is 5.75 Å². The third-order valence-electron chi connectivity index (χ3n) is 5.16. The predicted octanol–water partition coefficient (Wildman–Crippen LogP) is 3.07. The normalized spacial score (nSPS) is 16.3. The van der Waals surface area contributed by atoms with Gasteiger partial charge in [-0.25, -0.2) is 0 Å². The molecule has 0 saturated heterocycles. The summed E-state index contributed by atoms with van der Waals surface area (Å²) in [7, 11) is -2.88. The van der Waals surface area contributed by atoms with Crippen LogP contribution in [0, 0.1) is 0 Å². The van der Waals surface area contributed by atoms with Gasteiger partial charge in [0.25, 0.3) is 0 Å². The van der Waals surface area contributed by atoms with E-state index in [1.54, 1.807) is 50.3 Å². The van der Waals surface area contributed by atoms with E-state index in [-0.39, 0.29) is 44.3 Å². The molecule has 0 heterocycles. The fourth-order valence-electron chi connectivity index (χ4n) is 3.16.